The smallest absolute Gasteiger partial charge is 0.171 e. The van der Waals surface area contributed by atoms with Crippen LogP contribution in [0.5, 0.6) is 5.75 Å². The fraction of sp³-hybridized carbons (Fsp3) is 0.318. The molecule has 0 amide bonds. The lowest BCUT2D eigenvalue weighted by Gasteiger charge is -2.35. The zero-order valence-electron chi connectivity index (χ0n) is 15.0. The van der Waals surface area contributed by atoms with Crippen molar-refractivity contribution in [2.45, 2.75) is 38.6 Å². The maximum Gasteiger partial charge on any atom is 0.171 e. The summed E-state index contributed by atoms with van der Waals surface area (Å²) in [7, 11) is 0. The van der Waals surface area contributed by atoms with Crippen LogP contribution in [0.3, 0.4) is 0 Å². The van der Waals surface area contributed by atoms with Crippen LogP contribution in [0.2, 0.25) is 0 Å². The van der Waals surface area contributed by atoms with Gasteiger partial charge in [0.25, 0.3) is 0 Å². The Balaban J connectivity index is 1.63. The second-order valence-corrected chi connectivity index (χ2v) is 7.27. The minimum atomic E-state index is 0.122. The second kappa shape index (κ2) is 7.50. The van der Waals surface area contributed by atoms with E-state index in [1.54, 1.807) is 0 Å². The molecule has 0 saturated heterocycles. The van der Waals surface area contributed by atoms with Crippen molar-refractivity contribution in [2.24, 2.45) is 0 Å². The molecule has 1 atom stereocenters. The van der Waals surface area contributed by atoms with Gasteiger partial charge in [-0.05, 0) is 60.3 Å². The van der Waals surface area contributed by atoms with Gasteiger partial charge in [-0.3, -0.25) is 0 Å². The van der Waals surface area contributed by atoms with Gasteiger partial charge in [-0.25, -0.2) is 0 Å². The summed E-state index contributed by atoms with van der Waals surface area (Å²) in [5, 5.41) is 7.54. The van der Waals surface area contributed by atoms with E-state index >= 15 is 0 Å². The largest absolute Gasteiger partial charge is 0.494 e. The maximum absolute atomic E-state index is 5.79. The van der Waals surface area contributed by atoms with Crippen molar-refractivity contribution in [3.8, 4) is 5.75 Å². The predicted octanol–water partition coefficient (Wildman–Crippen LogP) is 4.74. The Morgan fingerprint density at radius 1 is 1.08 bits per heavy atom. The van der Waals surface area contributed by atoms with Gasteiger partial charge in [0.05, 0.1) is 12.6 Å². The molecule has 134 valence electrons. The zero-order chi connectivity index (χ0) is 17.9. The molecule has 26 heavy (non-hydrogen) atoms. The van der Waals surface area contributed by atoms with E-state index in [0.717, 1.165) is 38.0 Å². The van der Waals surface area contributed by atoms with Gasteiger partial charge < -0.3 is 15.4 Å². The molecule has 1 heterocycles. The van der Waals surface area contributed by atoms with E-state index in [-0.39, 0.29) is 6.04 Å². The first-order chi connectivity index (χ1) is 12.8. The van der Waals surface area contributed by atoms with Crippen LogP contribution >= 0.6 is 12.2 Å². The Labute approximate surface area is 160 Å². The van der Waals surface area contributed by atoms with E-state index in [2.05, 4.69) is 66.1 Å². The highest BCUT2D eigenvalue weighted by Gasteiger charge is 2.30. The number of thiocarbonyl (C=S) groups is 1. The van der Waals surface area contributed by atoms with Crippen molar-refractivity contribution in [1.29, 1.82) is 0 Å². The number of aryl methyl sites for hydroxylation is 1. The molecule has 0 radical (unpaired) electrons. The summed E-state index contributed by atoms with van der Waals surface area (Å²) in [6.07, 6.45) is 4.34. The maximum atomic E-state index is 5.79. The number of ether oxygens (including phenoxy) is 1. The Morgan fingerprint density at radius 2 is 1.88 bits per heavy atom. The summed E-state index contributed by atoms with van der Waals surface area (Å²) in [6.45, 7) is 2.95. The van der Waals surface area contributed by atoms with Crippen LogP contribution < -0.4 is 15.4 Å². The quantitative estimate of drug-likeness (QED) is 0.593. The molecule has 2 aromatic carbocycles. The topological polar surface area (TPSA) is 33.3 Å². The molecule has 3 nitrogen and oxygen atoms in total. The first-order valence-corrected chi connectivity index (χ1v) is 9.78. The molecule has 2 aliphatic rings. The normalized spacial score (nSPS) is 18.5. The Morgan fingerprint density at radius 3 is 2.69 bits per heavy atom. The van der Waals surface area contributed by atoms with Gasteiger partial charge >= 0.3 is 0 Å². The van der Waals surface area contributed by atoms with Gasteiger partial charge in [-0.1, -0.05) is 49.7 Å². The minimum absolute atomic E-state index is 0.122. The van der Waals surface area contributed by atoms with E-state index in [0.29, 0.717) is 5.11 Å². The van der Waals surface area contributed by atoms with E-state index in [1.807, 2.05) is 0 Å². The van der Waals surface area contributed by atoms with Crippen molar-refractivity contribution < 1.29 is 4.74 Å². The Bertz CT molecular complexity index is 841. The van der Waals surface area contributed by atoms with Crippen LogP contribution in [-0.2, 0) is 6.42 Å². The van der Waals surface area contributed by atoms with Crippen molar-refractivity contribution in [3.05, 3.63) is 70.8 Å². The lowest BCUT2D eigenvalue weighted by Crippen LogP contribution is -2.44. The molecule has 0 saturated carbocycles. The molecule has 0 unspecified atom stereocenters. The van der Waals surface area contributed by atoms with Crippen LogP contribution in [0.4, 0.5) is 0 Å². The molecule has 2 N–H and O–H groups in total. The third-order valence-corrected chi connectivity index (χ3v) is 5.33. The minimum Gasteiger partial charge on any atom is -0.494 e. The standard InChI is InChI=1S/C22H24N2OS/c1-2-3-14-25-17-11-8-16(9-12-17)20-19-13-10-15-6-4-5-7-18(15)21(19)24-22(26)23-20/h4-9,11-12,20H,2-3,10,13-14H2,1H3,(H2,23,24,26)/t20-/m1/s1. The van der Waals surface area contributed by atoms with Crippen LogP contribution in [0.15, 0.2) is 54.1 Å². The molecule has 1 aliphatic carbocycles. The number of nitrogens with one attached hydrogen (secondary N) is 2. The lowest BCUT2D eigenvalue weighted by atomic mass is 9.83. The van der Waals surface area contributed by atoms with Gasteiger partial charge in [0.15, 0.2) is 5.11 Å². The predicted molar refractivity (Wildman–Crippen MR) is 110 cm³/mol. The second-order valence-electron chi connectivity index (χ2n) is 6.86. The first-order valence-electron chi connectivity index (χ1n) is 9.38. The molecule has 0 aromatic heterocycles. The molecule has 4 rings (SSSR count). The number of fused-ring (bicyclic) bond motifs is 2. The monoisotopic (exact) mass is 364 g/mol. The van der Waals surface area contributed by atoms with Crippen LogP contribution in [0.25, 0.3) is 5.70 Å². The number of benzene rings is 2. The van der Waals surface area contributed by atoms with Gasteiger partial charge in [-0.2, -0.15) is 0 Å². The summed E-state index contributed by atoms with van der Waals surface area (Å²) in [6, 6.07) is 17.2. The average Bonchev–Trinajstić information content (AvgIpc) is 2.68. The van der Waals surface area contributed by atoms with Crippen molar-refractivity contribution >= 4 is 23.0 Å². The lowest BCUT2D eigenvalue weighted by molar-refractivity contribution is 0.309. The highest BCUT2D eigenvalue weighted by molar-refractivity contribution is 7.80. The molecule has 1 aliphatic heterocycles. The SMILES string of the molecule is CCCCOc1ccc([C@H]2NC(=S)NC3=C2CCc2ccccc23)cc1. The van der Waals surface area contributed by atoms with Gasteiger partial charge in [-0.15, -0.1) is 0 Å². The summed E-state index contributed by atoms with van der Waals surface area (Å²) in [5.41, 5.74) is 6.47. The summed E-state index contributed by atoms with van der Waals surface area (Å²) >= 11 is 5.50. The molecular weight excluding hydrogens is 340 g/mol. The van der Waals surface area contributed by atoms with Crippen molar-refractivity contribution in [1.82, 2.24) is 10.6 Å². The van der Waals surface area contributed by atoms with Crippen molar-refractivity contribution in [3.63, 3.8) is 0 Å². The molecular formula is C22H24N2OS. The van der Waals surface area contributed by atoms with E-state index in [4.69, 9.17) is 17.0 Å². The van der Waals surface area contributed by atoms with Gasteiger partial charge in [0, 0.05) is 11.3 Å². The number of hydrogen-bond donors (Lipinski definition) is 2. The van der Waals surface area contributed by atoms with Gasteiger partial charge in [0.1, 0.15) is 5.75 Å². The van der Waals surface area contributed by atoms with Crippen LogP contribution in [0, 0.1) is 0 Å². The van der Waals surface area contributed by atoms with Crippen LogP contribution in [-0.4, -0.2) is 11.7 Å². The molecule has 4 heteroatoms. The molecule has 2 aromatic rings. The Kier molecular flexibility index (Phi) is 4.93. The fourth-order valence-corrected chi connectivity index (χ4v) is 3.95. The molecule has 0 fully saturated rings. The highest BCUT2D eigenvalue weighted by atomic mass is 32.1. The van der Waals surface area contributed by atoms with Crippen LogP contribution in [0.1, 0.15) is 48.9 Å². The van der Waals surface area contributed by atoms with E-state index in [1.165, 1.54) is 28.0 Å². The highest BCUT2D eigenvalue weighted by Crippen LogP contribution is 2.38. The zero-order valence-corrected chi connectivity index (χ0v) is 15.9. The first kappa shape index (κ1) is 17.1. The summed E-state index contributed by atoms with van der Waals surface area (Å²) < 4.78 is 5.79. The summed E-state index contributed by atoms with van der Waals surface area (Å²) in [4.78, 5) is 0. The van der Waals surface area contributed by atoms with E-state index in [9.17, 15) is 0 Å². The Hall–Kier alpha value is -2.33. The number of rotatable bonds is 5. The third-order valence-electron chi connectivity index (χ3n) is 5.11. The third kappa shape index (κ3) is 3.34. The number of unbranched alkanes of at least 4 members (excludes halogenated alkanes) is 1. The van der Waals surface area contributed by atoms with Gasteiger partial charge in [0.2, 0.25) is 0 Å². The number of hydrogen-bond acceptors (Lipinski definition) is 2. The van der Waals surface area contributed by atoms with E-state index < -0.39 is 0 Å². The molecule has 0 spiro atoms. The average molecular weight is 365 g/mol. The summed E-state index contributed by atoms with van der Waals surface area (Å²) in [5.74, 6) is 0.932. The molecule has 0 bridgehead atoms. The van der Waals surface area contributed by atoms with Crippen molar-refractivity contribution in [2.75, 3.05) is 6.61 Å². The fourth-order valence-electron chi connectivity index (χ4n) is 3.73.